The van der Waals surface area contributed by atoms with Crippen molar-refractivity contribution in [2.45, 2.75) is 213 Å². The molecule has 0 amide bonds. The minimum atomic E-state index is 1.01. The topological polar surface area (TPSA) is 32.6 Å². The molecule has 0 heterocycles. The minimum absolute atomic E-state index is 1.01. The first kappa shape index (κ1) is 35.5. The van der Waals surface area contributed by atoms with E-state index in [0.29, 0.717) is 0 Å². The highest BCUT2D eigenvalue weighted by atomic mass is 16.4. The molecule has 216 valence electrons. The second-order valence-electron chi connectivity index (χ2n) is 11.7. The van der Waals surface area contributed by atoms with E-state index >= 15 is 0 Å². The predicted molar refractivity (Wildman–Crippen MR) is 164 cm³/mol. The van der Waals surface area contributed by atoms with Gasteiger partial charge in [0.05, 0.1) is 5.71 Å². The number of hydrogen-bond acceptors (Lipinski definition) is 2. The van der Waals surface area contributed by atoms with E-state index in [2.05, 4.69) is 19.0 Å². The smallest absolute Gasteiger partial charge is 0.0570 e. The van der Waals surface area contributed by atoms with Gasteiger partial charge in [-0.2, -0.15) is 0 Å². The average molecular weight is 508 g/mol. The van der Waals surface area contributed by atoms with Crippen LogP contribution in [0.2, 0.25) is 0 Å². The second kappa shape index (κ2) is 32.5. The SMILES string of the molecule is CCCCCCCCCCCCCCCCCCC(CCCCCCCCCCCCCCC)=NO. The molecule has 0 atom stereocenters. The van der Waals surface area contributed by atoms with Gasteiger partial charge < -0.3 is 5.21 Å². The second-order valence-corrected chi connectivity index (χ2v) is 11.7. The number of hydrogen-bond donors (Lipinski definition) is 1. The quantitative estimate of drug-likeness (QED) is 0.0430. The summed E-state index contributed by atoms with van der Waals surface area (Å²) in [5, 5.41) is 12.9. The Morgan fingerprint density at radius 2 is 0.528 bits per heavy atom. The molecule has 36 heavy (non-hydrogen) atoms. The van der Waals surface area contributed by atoms with Crippen molar-refractivity contribution in [3.05, 3.63) is 0 Å². The summed E-state index contributed by atoms with van der Waals surface area (Å²) in [4.78, 5) is 0. The van der Waals surface area contributed by atoms with Crippen molar-refractivity contribution in [1.82, 2.24) is 0 Å². The van der Waals surface area contributed by atoms with E-state index in [1.807, 2.05) is 0 Å². The van der Waals surface area contributed by atoms with Gasteiger partial charge in [-0.3, -0.25) is 0 Å². The molecule has 0 aliphatic rings. The van der Waals surface area contributed by atoms with Crippen molar-refractivity contribution in [3.8, 4) is 0 Å². The molecule has 0 fully saturated rings. The molecule has 0 aromatic carbocycles. The van der Waals surface area contributed by atoms with Gasteiger partial charge in [0.25, 0.3) is 0 Å². The highest BCUT2D eigenvalue weighted by Crippen LogP contribution is 2.16. The zero-order valence-electron chi connectivity index (χ0n) is 25.3. The zero-order chi connectivity index (χ0) is 26.2. The maximum absolute atomic E-state index is 9.33. The summed E-state index contributed by atoms with van der Waals surface area (Å²) in [7, 11) is 0. The summed E-state index contributed by atoms with van der Waals surface area (Å²) in [6, 6.07) is 0. The van der Waals surface area contributed by atoms with Crippen LogP contribution in [0.1, 0.15) is 213 Å². The van der Waals surface area contributed by atoms with Gasteiger partial charge in [-0.1, -0.05) is 192 Å². The van der Waals surface area contributed by atoms with E-state index in [1.54, 1.807) is 0 Å². The molecule has 1 N–H and O–H groups in total. The molecule has 2 nitrogen and oxygen atoms in total. The highest BCUT2D eigenvalue weighted by Gasteiger charge is 2.02. The van der Waals surface area contributed by atoms with Crippen LogP contribution in [0.3, 0.4) is 0 Å². The molecule has 0 aliphatic carbocycles. The third-order valence-electron chi connectivity index (χ3n) is 8.03. The third kappa shape index (κ3) is 29.7. The van der Waals surface area contributed by atoms with Gasteiger partial charge in [-0.05, 0) is 25.7 Å². The summed E-state index contributed by atoms with van der Waals surface area (Å²) in [6.45, 7) is 4.59. The Kier molecular flexibility index (Phi) is 32.0. The van der Waals surface area contributed by atoms with Crippen molar-refractivity contribution in [2.24, 2.45) is 5.16 Å². The monoisotopic (exact) mass is 508 g/mol. The van der Waals surface area contributed by atoms with Crippen LogP contribution in [-0.2, 0) is 0 Å². The summed E-state index contributed by atoms with van der Waals surface area (Å²) < 4.78 is 0. The molecule has 0 saturated carbocycles. The van der Waals surface area contributed by atoms with E-state index < -0.39 is 0 Å². The van der Waals surface area contributed by atoms with Crippen molar-refractivity contribution in [1.29, 1.82) is 0 Å². The van der Waals surface area contributed by atoms with E-state index in [-0.39, 0.29) is 0 Å². The summed E-state index contributed by atoms with van der Waals surface area (Å²) in [6.07, 6.45) is 42.6. The average Bonchev–Trinajstić information content (AvgIpc) is 2.89. The summed E-state index contributed by atoms with van der Waals surface area (Å²) in [5.74, 6) is 0. The van der Waals surface area contributed by atoms with Crippen molar-refractivity contribution in [2.75, 3.05) is 0 Å². The lowest BCUT2D eigenvalue weighted by Gasteiger charge is -2.06. The molecular formula is C34H69NO. The molecule has 0 unspecified atom stereocenters. The van der Waals surface area contributed by atoms with Crippen LogP contribution in [0, 0.1) is 0 Å². The van der Waals surface area contributed by atoms with E-state index in [9.17, 15) is 5.21 Å². The molecule has 0 spiro atoms. The van der Waals surface area contributed by atoms with Gasteiger partial charge in [0.15, 0.2) is 0 Å². The maximum Gasteiger partial charge on any atom is 0.0570 e. The van der Waals surface area contributed by atoms with Crippen LogP contribution in [0.15, 0.2) is 5.16 Å². The molecule has 0 aliphatic heterocycles. The number of oxime groups is 1. The van der Waals surface area contributed by atoms with Crippen LogP contribution >= 0.6 is 0 Å². The van der Waals surface area contributed by atoms with Crippen molar-refractivity contribution in [3.63, 3.8) is 0 Å². The molecule has 0 radical (unpaired) electrons. The van der Waals surface area contributed by atoms with Crippen molar-refractivity contribution >= 4 is 5.71 Å². The molecule has 0 saturated heterocycles. The van der Waals surface area contributed by atoms with E-state index in [1.165, 1.54) is 186 Å². The lowest BCUT2D eigenvalue weighted by Crippen LogP contribution is -1.99. The molecular weight excluding hydrogens is 438 g/mol. The fraction of sp³-hybridized carbons (Fsp3) is 0.971. The lowest BCUT2D eigenvalue weighted by molar-refractivity contribution is 0.315. The van der Waals surface area contributed by atoms with E-state index in [0.717, 1.165) is 18.6 Å². The predicted octanol–water partition coefficient (Wildman–Crippen LogP) is 12.9. The maximum atomic E-state index is 9.33. The Morgan fingerprint density at radius 3 is 0.722 bits per heavy atom. The van der Waals surface area contributed by atoms with Gasteiger partial charge in [-0.25, -0.2) is 0 Å². The standard InChI is InChI=1S/C34H69NO/c1-3-5-7-9-11-13-15-17-18-19-21-23-25-27-29-31-33-34(35-36)32-30-28-26-24-22-20-16-14-12-10-8-6-4-2/h36H,3-33H2,1-2H3. The van der Waals surface area contributed by atoms with Gasteiger partial charge in [0, 0.05) is 0 Å². The summed E-state index contributed by atoms with van der Waals surface area (Å²) >= 11 is 0. The molecule has 0 bridgehead atoms. The first-order valence-corrected chi connectivity index (χ1v) is 17.0. The first-order chi connectivity index (χ1) is 17.8. The number of unbranched alkanes of at least 4 members (excludes halogenated alkanes) is 27. The van der Waals surface area contributed by atoms with Crippen molar-refractivity contribution < 1.29 is 5.21 Å². The summed E-state index contributed by atoms with van der Waals surface area (Å²) in [5.41, 5.74) is 1.04. The van der Waals surface area contributed by atoms with Crippen LogP contribution in [0.4, 0.5) is 0 Å². The lowest BCUT2D eigenvalue weighted by atomic mass is 10.0. The van der Waals surface area contributed by atoms with Gasteiger partial charge >= 0.3 is 0 Å². The van der Waals surface area contributed by atoms with Crippen LogP contribution < -0.4 is 0 Å². The molecule has 0 rings (SSSR count). The Balaban J connectivity index is 3.27. The van der Waals surface area contributed by atoms with Crippen LogP contribution in [0.5, 0.6) is 0 Å². The van der Waals surface area contributed by atoms with Gasteiger partial charge in [-0.15, -0.1) is 0 Å². The Hall–Kier alpha value is -0.530. The normalized spacial score (nSPS) is 12.0. The molecule has 0 aromatic heterocycles. The fourth-order valence-corrected chi connectivity index (χ4v) is 5.45. The Bertz CT molecular complexity index is 419. The Morgan fingerprint density at radius 1 is 0.333 bits per heavy atom. The molecule has 2 heteroatoms. The van der Waals surface area contributed by atoms with Gasteiger partial charge in [0.2, 0.25) is 0 Å². The minimum Gasteiger partial charge on any atom is -0.411 e. The van der Waals surface area contributed by atoms with Gasteiger partial charge in [0.1, 0.15) is 0 Å². The number of nitrogens with zero attached hydrogens (tertiary/aromatic N) is 1. The highest BCUT2D eigenvalue weighted by molar-refractivity contribution is 5.83. The van der Waals surface area contributed by atoms with Crippen LogP contribution in [-0.4, -0.2) is 10.9 Å². The first-order valence-electron chi connectivity index (χ1n) is 17.0. The fourth-order valence-electron chi connectivity index (χ4n) is 5.45. The van der Waals surface area contributed by atoms with E-state index in [4.69, 9.17) is 0 Å². The largest absolute Gasteiger partial charge is 0.411 e. The molecule has 0 aromatic rings. The third-order valence-corrected chi connectivity index (χ3v) is 8.03. The Labute approximate surface area is 228 Å². The number of rotatable bonds is 31. The van der Waals surface area contributed by atoms with Crippen LogP contribution in [0.25, 0.3) is 0 Å². The zero-order valence-corrected chi connectivity index (χ0v) is 25.3.